The van der Waals surface area contributed by atoms with Crippen LogP contribution in [0.2, 0.25) is 0 Å². The summed E-state index contributed by atoms with van der Waals surface area (Å²) >= 11 is 0. The van der Waals surface area contributed by atoms with Gasteiger partial charge >= 0.3 is 5.97 Å². The maximum atomic E-state index is 11.0. The predicted octanol–water partition coefficient (Wildman–Crippen LogP) is 3.86. The average Bonchev–Trinajstić information content (AvgIpc) is 2.22. The molecule has 0 bridgehead atoms. The van der Waals surface area contributed by atoms with Gasteiger partial charge in [-0.15, -0.1) is 0 Å². The van der Waals surface area contributed by atoms with Crippen molar-refractivity contribution in [3.8, 4) is 0 Å². The lowest BCUT2D eigenvalue weighted by atomic mass is 10.1. The maximum absolute atomic E-state index is 11.0. The molecule has 0 heterocycles. The third-order valence-corrected chi connectivity index (χ3v) is 2.21. The lowest BCUT2D eigenvalue weighted by Gasteiger charge is -2.01. The quantitative estimate of drug-likeness (QED) is 0.329. The number of carbonyl (C=O) groups excluding carboxylic acids is 1. The van der Waals surface area contributed by atoms with Crippen LogP contribution in [-0.4, -0.2) is 12.6 Å². The minimum Gasteiger partial charge on any atom is -0.466 e. The van der Waals surface area contributed by atoms with Crippen molar-refractivity contribution < 1.29 is 9.53 Å². The van der Waals surface area contributed by atoms with Gasteiger partial charge in [0.25, 0.3) is 0 Å². The van der Waals surface area contributed by atoms with Crippen molar-refractivity contribution in [3.05, 3.63) is 12.2 Å². The summed E-state index contributed by atoms with van der Waals surface area (Å²) < 4.78 is 4.85. The standard InChI is InChI=1S/C13H24O2/c1-3-5-6-7-8-9-10-11-12-13(14)15-4-2/h5-6H,3-4,7-12H2,1-2H3/b6-5-. The van der Waals surface area contributed by atoms with Crippen molar-refractivity contribution in [3.63, 3.8) is 0 Å². The highest BCUT2D eigenvalue weighted by Crippen LogP contribution is 2.06. The molecule has 0 aromatic carbocycles. The number of ether oxygens (including phenoxy) is 1. The van der Waals surface area contributed by atoms with Crippen LogP contribution in [0.25, 0.3) is 0 Å². The van der Waals surface area contributed by atoms with Gasteiger partial charge in [0.05, 0.1) is 6.61 Å². The SMILES string of the molecule is CC/C=C\CCCCCCC(=O)OCC. The van der Waals surface area contributed by atoms with Gasteiger partial charge in [-0.2, -0.15) is 0 Å². The molecule has 88 valence electrons. The van der Waals surface area contributed by atoms with Gasteiger partial charge in [0.15, 0.2) is 0 Å². The second-order valence-electron chi connectivity index (χ2n) is 3.64. The molecule has 0 fully saturated rings. The summed E-state index contributed by atoms with van der Waals surface area (Å²) in [6.07, 6.45) is 11.9. The first-order valence-electron chi connectivity index (χ1n) is 6.11. The monoisotopic (exact) mass is 212 g/mol. The lowest BCUT2D eigenvalue weighted by Crippen LogP contribution is -2.02. The molecule has 0 aliphatic carbocycles. The van der Waals surface area contributed by atoms with Crippen molar-refractivity contribution in [1.29, 1.82) is 0 Å². The van der Waals surface area contributed by atoms with Crippen LogP contribution >= 0.6 is 0 Å². The molecule has 0 saturated carbocycles. The van der Waals surface area contributed by atoms with Crippen molar-refractivity contribution in [1.82, 2.24) is 0 Å². The van der Waals surface area contributed by atoms with E-state index < -0.39 is 0 Å². The number of carbonyl (C=O) groups is 1. The zero-order valence-corrected chi connectivity index (χ0v) is 10.1. The molecule has 0 N–H and O–H groups in total. The molecular weight excluding hydrogens is 188 g/mol. The van der Waals surface area contributed by atoms with E-state index in [4.69, 9.17) is 4.74 Å². The molecule has 2 heteroatoms. The van der Waals surface area contributed by atoms with Crippen molar-refractivity contribution in [2.45, 2.75) is 58.8 Å². The Bertz CT molecular complexity index is 173. The van der Waals surface area contributed by atoms with E-state index in [1.54, 1.807) is 0 Å². The van der Waals surface area contributed by atoms with Crippen LogP contribution in [-0.2, 0) is 9.53 Å². The Labute approximate surface area is 93.7 Å². The first kappa shape index (κ1) is 14.2. The molecule has 2 nitrogen and oxygen atoms in total. The highest BCUT2D eigenvalue weighted by atomic mass is 16.5. The number of hydrogen-bond donors (Lipinski definition) is 0. The van der Waals surface area contributed by atoms with E-state index in [0.717, 1.165) is 19.3 Å². The first-order valence-corrected chi connectivity index (χ1v) is 6.11. The predicted molar refractivity (Wildman–Crippen MR) is 63.8 cm³/mol. The third kappa shape index (κ3) is 11.1. The highest BCUT2D eigenvalue weighted by molar-refractivity contribution is 5.69. The van der Waals surface area contributed by atoms with Crippen molar-refractivity contribution in [2.75, 3.05) is 6.61 Å². The summed E-state index contributed by atoms with van der Waals surface area (Å²) in [6, 6.07) is 0. The van der Waals surface area contributed by atoms with Crippen molar-refractivity contribution in [2.24, 2.45) is 0 Å². The van der Waals surface area contributed by atoms with Crippen LogP contribution in [0.5, 0.6) is 0 Å². The summed E-state index contributed by atoms with van der Waals surface area (Å²) in [5, 5.41) is 0. The molecule has 15 heavy (non-hydrogen) atoms. The van der Waals surface area contributed by atoms with E-state index in [1.807, 2.05) is 6.92 Å². The normalized spacial score (nSPS) is 10.8. The Morgan fingerprint density at radius 1 is 1.07 bits per heavy atom. The zero-order chi connectivity index (χ0) is 11.4. The molecule has 0 aromatic rings. The highest BCUT2D eigenvalue weighted by Gasteiger charge is 1.99. The molecule has 0 saturated heterocycles. The van der Waals surface area contributed by atoms with Crippen LogP contribution in [0, 0.1) is 0 Å². The topological polar surface area (TPSA) is 26.3 Å². The molecule has 0 aliphatic rings. The molecule has 0 unspecified atom stereocenters. The largest absolute Gasteiger partial charge is 0.466 e. The molecule has 0 aliphatic heterocycles. The molecule has 0 atom stereocenters. The molecular formula is C13H24O2. The van der Waals surface area contributed by atoms with E-state index in [9.17, 15) is 4.79 Å². The fourth-order valence-electron chi connectivity index (χ4n) is 1.40. The Morgan fingerprint density at radius 3 is 2.47 bits per heavy atom. The number of allylic oxidation sites excluding steroid dienone is 2. The van der Waals surface area contributed by atoms with E-state index in [-0.39, 0.29) is 5.97 Å². The molecule has 0 radical (unpaired) electrons. The van der Waals surface area contributed by atoms with Gasteiger partial charge in [-0.05, 0) is 32.6 Å². The van der Waals surface area contributed by atoms with Crippen LogP contribution < -0.4 is 0 Å². The second kappa shape index (κ2) is 11.3. The average molecular weight is 212 g/mol. The van der Waals surface area contributed by atoms with Crippen LogP contribution in [0.15, 0.2) is 12.2 Å². The van der Waals surface area contributed by atoms with Gasteiger partial charge in [-0.3, -0.25) is 4.79 Å². The number of unbranched alkanes of at least 4 members (excludes halogenated alkanes) is 4. The Hall–Kier alpha value is -0.790. The Morgan fingerprint density at radius 2 is 1.80 bits per heavy atom. The van der Waals surface area contributed by atoms with E-state index in [1.165, 1.54) is 19.3 Å². The number of esters is 1. The zero-order valence-electron chi connectivity index (χ0n) is 10.1. The maximum Gasteiger partial charge on any atom is 0.305 e. The summed E-state index contributed by atoms with van der Waals surface area (Å²) in [5.41, 5.74) is 0. The second-order valence-corrected chi connectivity index (χ2v) is 3.64. The molecule has 0 spiro atoms. The summed E-state index contributed by atoms with van der Waals surface area (Å²) in [5.74, 6) is -0.0524. The van der Waals surface area contributed by atoms with Crippen LogP contribution in [0.1, 0.15) is 58.8 Å². The van der Waals surface area contributed by atoms with Gasteiger partial charge in [-0.25, -0.2) is 0 Å². The number of hydrogen-bond acceptors (Lipinski definition) is 2. The van der Waals surface area contributed by atoms with E-state index in [2.05, 4.69) is 19.1 Å². The lowest BCUT2D eigenvalue weighted by molar-refractivity contribution is -0.143. The summed E-state index contributed by atoms with van der Waals surface area (Å²) in [7, 11) is 0. The fraction of sp³-hybridized carbons (Fsp3) is 0.769. The van der Waals surface area contributed by atoms with Gasteiger partial charge in [-0.1, -0.05) is 31.9 Å². The van der Waals surface area contributed by atoms with Gasteiger partial charge in [0, 0.05) is 6.42 Å². The Balaban J connectivity index is 3.11. The summed E-state index contributed by atoms with van der Waals surface area (Å²) in [6.45, 7) is 4.49. The van der Waals surface area contributed by atoms with Crippen molar-refractivity contribution >= 4 is 5.97 Å². The summed E-state index contributed by atoms with van der Waals surface area (Å²) in [4.78, 5) is 11.0. The first-order chi connectivity index (χ1) is 7.31. The Kier molecular flexibility index (Phi) is 10.7. The minimum absolute atomic E-state index is 0.0524. The van der Waals surface area contributed by atoms with E-state index in [0.29, 0.717) is 13.0 Å². The van der Waals surface area contributed by atoms with Gasteiger partial charge < -0.3 is 4.74 Å². The van der Waals surface area contributed by atoms with Crippen LogP contribution in [0.3, 0.4) is 0 Å². The third-order valence-electron chi connectivity index (χ3n) is 2.21. The minimum atomic E-state index is -0.0524. The van der Waals surface area contributed by atoms with E-state index >= 15 is 0 Å². The van der Waals surface area contributed by atoms with Gasteiger partial charge in [0.1, 0.15) is 0 Å². The molecule has 0 amide bonds. The molecule has 0 rings (SSSR count). The van der Waals surface area contributed by atoms with Gasteiger partial charge in [0.2, 0.25) is 0 Å². The fourth-order valence-corrected chi connectivity index (χ4v) is 1.40. The van der Waals surface area contributed by atoms with Crippen LogP contribution in [0.4, 0.5) is 0 Å². The number of rotatable bonds is 9. The smallest absolute Gasteiger partial charge is 0.305 e. The molecule has 0 aromatic heterocycles.